The Hall–Kier alpha value is -0.0400. The van der Waals surface area contributed by atoms with Gasteiger partial charge in [0.1, 0.15) is 0 Å². The van der Waals surface area contributed by atoms with E-state index in [1.807, 2.05) is 0 Å². The van der Waals surface area contributed by atoms with Crippen LogP contribution in [-0.2, 0) is 0 Å². The van der Waals surface area contributed by atoms with Crippen molar-refractivity contribution >= 4 is 0 Å². The van der Waals surface area contributed by atoms with Crippen molar-refractivity contribution in [2.75, 3.05) is 6.54 Å². The van der Waals surface area contributed by atoms with Gasteiger partial charge < -0.3 is 5.32 Å². The molecule has 14 heavy (non-hydrogen) atoms. The molecule has 0 heterocycles. The Labute approximate surface area is 88.7 Å². The Kier molecular flexibility index (Phi) is 3.16. The van der Waals surface area contributed by atoms with E-state index < -0.39 is 0 Å². The second-order valence-electron chi connectivity index (χ2n) is 6.01. The highest BCUT2D eigenvalue weighted by atomic mass is 14.9. The minimum absolute atomic E-state index is 0.653. The maximum absolute atomic E-state index is 3.79. The van der Waals surface area contributed by atoms with E-state index in [9.17, 15) is 0 Å². The molecular weight excluding hydrogens is 170 g/mol. The molecular formula is C13H25N. The van der Waals surface area contributed by atoms with Crippen LogP contribution in [0.4, 0.5) is 0 Å². The highest BCUT2D eigenvalue weighted by Crippen LogP contribution is 2.39. The first kappa shape index (κ1) is 10.5. The van der Waals surface area contributed by atoms with Crippen molar-refractivity contribution in [3.05, 3.63) is 0 Å². The summed E-state index contributed by atoms with van der Waals surface area (Å²) >= 11 is 0. The zero-order valence-corrected chi connectivity index (χ0v) is 9.81. The number of rotatable bonds is 3. The Morgan fingerprint density at radius 1 is 1.21 bits per heavy atom. The van der Waals surface area contributed by atoms with Gasteiger partial charge in [0.25, 0.3) is 0 Å². The number of nitrogens with one attached hydrogen (secondary N) is 1. The predicted molar refractivity (Wildman–Crippen MR) is 61.4 cm³/mol. The topological polar surface area (TPSA) is 12.0 Å². The highest BCUT2D eigenvalue weighted by molar-refractivity contribution is 4.87. The van der Waals surface area contributed by atoms with Crippen LogP contribution in [0.25, 0.3) is 0 Å². The molecule has 0 aromatic carbocycles. The SMILES string of the molecule is CC1CCCC(NCC2(C)CCC2)C1. The van der Waals surface area contributed by atoms with Crippen LogP contribution in [-0.4, -0.2) is 12.6 Å². The normalized spacial score (nSPS) is 36.4. The lowest BCUT2D eigenvalue weighted by atomic mass is 9.70. The van der Waals surface area contributed by atoms with Crippen LogP contribution in [0.5, 0.6) is 0 Å². The molecule has 2 saturated carbocycles. The third kappa shape index (κ3) is 2.50. The van der Waals surface area contributed by atoms with E-state index in [-0.39, 0.29) is 0 Å². The van der Waals surface area contributed by atoms with Crippen LogP contribution in [0.2, 0.25) is 0 Å². The van der Waals surface area contributed by atoms with Crippen molar-refractivity contribution in [1.29, 1.82) is 0 Å². The maximum atomic E-state index is 3.79. The zero-order chi connectivity index (χ0) is 10.0. The van der Waals surface area contributed by atoms with Crippen LogP contribution in [0.3, 0.4) is 0 Å². The largest absolute Gasteiger partial charge is 0.313 e. The number of hydrogen-bond acceptors (Lipinski definition) is 1. The smallest absolute Gasteiger partial charge is 0.00698 e. The molecule has 0 aromatic heterocycles. The van der Waals surface area contributed by atoms with E-state index in [2.05, 4.69) is 19.2 Å². The van der Waals surface area contributed by atoms with Crippen molar-refractivity contribution in [2.45, 2.75) is 64.8 Å². The molecule has 1 N–H and O–H groups in total. The van der Waals surface area contributed by atoms with Gasteiger partial charge in [-0.05, 0) is 37.0 Å². The van der Waals surface area contributed by atoms with Crippen LogP contribution < -0.4 is 5.32 Å². The van der Waals surface area contributed by atoms with E-state index in [0.717, 1.165) is 12.0 Å². The van der Waals surface area contributed by atoms with Crippen molar-refractivity contribution in [2.24, 2.45) is 11.3 Å². The fourth-order valence-corrected chi connectivity index (χ4v) is 2.97. The van der Waals surface area contributed by atoms with E-state index in [1.54, 1.807) is 0 Å². The van der Waals surface area contributed by atoms with Crippen LogP contribution in [0, 0.1) is 11.3 Å². The molecule has 2 atom stereocenters. The molecule has 1 nitrogen and oxygen atoms in total. The molecule has 0 aliphatic heterocycles. The van der Waals surface area contributed by atoms with Gasteiger partial charge in [0.15, 0.2) is 0 Å². The summed E-state index contributed by atoms with van der Waals surface area (Å²) < 4.78 is 0. The van der Waals surface area contributed by atoms with Crippen LogP contribution >= 0.6 is 0 Å². The lowest BCUT2D eigenvalue weighted by Crippen LogP contribution is -2.43. The monoisotopic (exact) mass is 195 g/mol. The molecule has 0 radical (unpaired) electrons. The summed E-state index contributed by atoms with van der Waals surface area (Å²) in [6.45, 7) is 6.11. The minimum atomic E-state index is 0.653. The fraction of sp³-hybridized carbons (Fsp3) is 1.00. The molecule has 0 amide bonds. The summed E-state index contributed by atoms with van der Waals surface area (Å²) in [5.74, 6) is 0.954. The molecule has 0 spiro atoms. The Balaban J connectivity index is 1.69. The minimum Gasteiger partial charge on any atom is -0.313 e. The standard InChI is InChI=1S/C13H25N/c1-11-5-3-6-12(9-11)14-10-13(2)7-4-8-13/h11-12,14H,3-10H2,1-2H3. The van der Waals surface area contributed by atoms with Crippen molar-refractivity contribution in [1.82, 2.24) is 5.32 Å². The molecule has 2 fully saturated rings. The van der Waals surface area contributed by atoms with Crippen LogP contribution in [0.1, 0.15) is 58.8 Å². The lowest BCUT2D eigenvalue weighted by molar-refractivity contribution is 0.142. The van der Waals surface area contributed by atoms with E-state index in [4.69, 9.17) is 0 Å². The summed E-state index contributed by atoms with van der Waals surface area (Å²) in [7, 11) is 0. The first-order valence-electron chi connectivity index (χ1n) is 6.41. The van der Waals surface area contributed by atoms with Gasteiger partial charge in [0.05, 0.1) is 0 Å². The number of hydrogen-bond donors (Lipinski definition) is 1. The molecule has 2 aliphatic carbocycles. The van der Waals surface area contributed by atoms with E-state index >= 15 is 0 Å². The Bertz CT molecular complexity index is 184. The second kappa shape index (κ2) is 4.22. The van der Waals surface area contributed by atoms with Gasteiger partial charge in [-0.25, -0.2) is 0 Å². The predicted octanol–water partition coefficient (Wildman–Crippen LogP) is 3.34. The molecule has 0 saturated heterocycles. The second-order valence-corrected chi connectivity index (χ2v) is 6.01. The third-order valence-electron chi connectivity index (χ3n) is 4.31. The van der Waals surface area contributed by atoms with Gasteiger partial charge in [0.2, 0.25) is 0 Å². The van der Waals surface area contributed by atoms with Crippen LogP contribution in [0.15, 0.2) is 0 Å². The summed E-state index contributed by atoms with van der Waals surface area (Å²) in [5, 5.41) is 3.79. The lowest BCUT2D eigenvalue weighted by Gasteiger charge is -2.40. The average molecular weight is 195 g/mol. The quantitative estimate of drug-likeness (QED) is 0.728. The van der Waals surface area contributed by atoms with E-state index in [0.29, 0.717) is 5.41 Å². The Morgan fingerprint density at radius 3 is 2.57 bits per heavy atom. The van der Waals surface area contributed by atoms with Gasteiger partial charge in [-0.15, -0.1) is 0 Å². The Morgan fingerprint density at radius 2 is 2.00 bits per heavy atom. The summed E-state index contributed by atoms with van der Waals surface area (Å²) in [4.78, 5) is 0. The molecule has 0 bridgehead atoms. The maximum Gasteiger partial charge on any atom is 0.00698 e. The molecule has 2 aliphatic rings. The van der Waals surface area contributed by atoms with Crippen molar-refractivity contribution < 1.29 is 0 Å². The molecule has 0 aromatic rings. The summed E-state index contributed by atoms with van der Waals surface area (Å²) in [6, 6.07) is 0.830. The van der Waals surface area contributed by atoms with Crippen molar-refractivity contribution in [3.63, 3.8) is 0 Å². The van der Waals surface area contributed by atoms with Gasteiger partial charge >= 0.3 is 0 Å². The van der Waals surface area contributed by atoms with Gasteiger partial charge in [-0.3, -0.25) is 0 Å². The first-order chi connectivity index (χ1) is 6.68. The fourth-order valence-electron chi connectivity index (χ4n) is 2.97. The molecule has 2 rings (SSSR count). The molecule has 82 valence electrons. The zero-order valence-electron chi connectivity index (χ0n) is 9.81. The first-order valence-corrected chi connectivity index (χ1v) is 6.41. The summed E-state index contributed by atoms with van der Waals surface area (Å²) in [5.41, 5.74) is 0.653. The molecule has 1 heteroatoms. The highest BCUT2D eigenvalue weighted by Gasteiger charge is 2.32. The molecule has 2 unspecified atom stereocenters. The summed E-state index contributed by atoms with van der Waals surface area (Å²) in [6.07, 6.45) is 10.1. The van der Waals surface area contributed by atoms with Crippen molar-refractivity contribution in [3.8, 4) is 0 Å². The average Bonchev–Trinajstić information content (AvgIpc) is 2.12. The van der Waals surface area contributed by atoms with E-state index in [1.165, 1.54) is 51.5 Å². The van der Waals surface area contributed by atoms with Gasteiger partial charge in [-0.2, -0.15) is 0 Å². The van der Waals surface area contributed by atoms with Gasteiger partial charge in [0, 0.05) is 12.6 Å². The third-order valence-corrected chi connectivity index (χ3v) is 4.31. The van der Waals surface area contributed by atoms with Gasteiger partial charge in [-0.1, -0.05) is 33.1 Å².